The topological polar surface area (TPSA) is 97.4 Å². The molecule has 0 bridgehead atoms. The Morgan fingerprint density at radius 1 is 1.50 bits per heavy atom. The van der Waals surface area contributed by atoms with Crippen LogP contribution in [0.25, 0.3) is 0 Å². The van der Waals surface area contributed by atoms with Gasteiger partial charge in [-0.25, -0.2) is 18.2 Å². The van der Waals surface area contributed by atoms with Gasteiger partial charge in [0.05, 0.1) is 18.0 Å². The van der Waals surface area contributed by atoms with Crippen molar-refractivity contribution in [1.29, 1.82) is 0 Å². The van der Waals surface area contributed by atoms with Crippen molar-refractivity contribution in [2.24, 2.45) is 0 Å². The van der Waals surface area contributed by atoms with Crippen LogP contribution in [0.5, 0.6) is 0 Å². The Morgan fingerprint density at radius 3 is 2.85 bits per heavy atom. The molecule has 1 aliphatic heterocycles. The van der Waals surface area contributed by atoms with Crippen LogP contribution in [0.1, 0.15) is 12.8 Å². The molecule has 0 aliphatic carbocycles. The van der Waals surface area contributed by atoms with Gasteiger partial charge in [0.2, 0.25) is 0 Å². The van der Waals surface area contributed by atoms with Gasteiger partial charge in [-0.3, -0.25) is 0 Å². The maximum absolute atomic E-state index is 11.6. The minimum atomic E-state index is -3.33. The summed E-state index contributed by atoms with van der Waals surface area (Å²) in [5, 5.41) is 5.25. The first-order valence-electron chi connectivity index (χ1n) is 6.28. The average Bonchev–Trinajstić information content (AvgIpc) is 2.89. The summed E-state index contributed by atoms with van der Waals surface area (Å²) in [6.45, 7) is 1.20. The zero-order valence-electron chi connectivity index (χ0n) is 11.1. The Hall–Kier alpha value is -1.67. The fourth-order valence-corrected chi connectivity index (χ4v) is 2.42. The lowest BCUT2D eigenvalue weighted by Crippen LogP contribution is -2.35. The summed E-state index contributed by atoms with van der Waals surface area (Å²) in [6, 6.07) is 2.48. The number of carbonyl (C=O) groups is 1. The van der Waals surface area contributed by atoms with Gasteiger partial charge in [0, 0.05) is 19.4 Å². The van der Waals surface area contributed by atoms with E-state index in [-0.39, 0.29) is 17.2 Å². The summed E-state index contributed by atoms with van der Waals surface area (Å²) in [5.74, 6) is 0. The number of rotatable bonds is 4. The third-order valence-electron chi connectivity index (χ3n) is 2.89. The highest BCUT2D eigenvalue weighted by Gasteiger charge is 2.16. The van der Waals surface area contributed by atoms with Crippen molar-refractivity contribution in [2.45, 2.75) is 24.0 Å². The van der Waals surface area contributed by atoms with Crippen molar-refractivity contribution in [3.8, 4) is 0 Å². The number of hydrogen-bond acceptors (Lipinski definition) is 5. The van der Waals surface area contributed by atoms with E-state index in [1.165, 1.54) is 18.3 Å². The molecule has 1 saturated heterocycles. The van der Waals surface area contributed by atoms with E-state index < -0.39 is 9.84 Å². The molecule has 1 atom stereocenters. The van der Waals surface area contributed by atoms with E-state index in [4.69, 9.17) is 4.74 Å². The van der Waals surface area contributed by atoms with E-state index in [0.717, 1.165) is 25.7 Å². The van der Waals surface area contributed by atoms with Gasteiger partial charge in [-0.15, -0.1) is 0 Å². The van der Waals surface area contributed by atoms with Gasteiger partial charge in [0.25, 0.3) is 0 Å². The molecule has 2 N–H and O–H groups in total. The monoisotopic (exact) mass is 299 g/mol. The Morgan fingerprint density at radius 2 is 2.30 bits per heavy atom. The predicted octanol–water partition coefficient (Wildman–Crippen LogP) is 0.786. The van der Waals surface area contributed by atoms with E-state index >= 15 is 0 Å². The minimum absolute atomic E-state index is 0.0252. The molecule has 1 fully saturated rings. The first-order chi connectivity index (χ1) is 9.45. The predicted molar refractivity (Wildman–Crippen MR) is 73.3 cm³/mol. The van der Waals surface area contributed by atoms with Crippen molar-refractivity contribution in [1.82, 2.24) is 10.3 Å². The van der Waals surface area contributed by atoms with Crippen molar-refractivity contribution < 1.29 is 17.9 Å². The van der Waals surface area contributed by atoms with Crippen LogP contribution >= 0.6 is 0 Å². The summed E-state index contributed by atoms with van der Waals surface area (Å²) in [6.07, 6.45) is 4.43. The van der Waals surface area contributed by atoms with Crippen LogP contribution < -0.4 is 10.6 Å². The molecule has 20 heavy (non-hydrogen) atoms. The van der Waals surface area contributed by atoms with E-state index in [0.29, 0.717) is 12.2 Å². The van der Waals surface area contributed by atoms with Crippen molar-refractivity contribution in [3.05, 3.63) is 18.3 Å². The van der Waals surface area contributed by atoms with Gasteiger partial charge in [0.15, 0.2) is 14.9 Å². The van der Waals surface area contributed by atoms with Crippen molar-refractivity contribution in [2.75, 3.05) is 24.7 Å². The maximum atomic E-state index is 11.6. The summed E-state index contributed by atoms with van der Waals surface area (Å²) in [7, 11) is -3.33. The van der Waals surface area contributed by atoms with E-state index in [9.17, 15) is 13.2 Å². The van der Waals surface area contributed by atoms with Crippen LogP contribution in [0.3, 0.4) is 0 Å². The van der Waals surface area contributed by atoms with Crippen molar-refractivity contribution in [3.63, 3.8) is 0 Å². The third-order valence-corrected chi connectivity index (χ3v) is 3.89. The molecular weight excluding hydrogens is 282 g/mol. The van der Waals surface area contributed by atoms with Crippen molar-refractivity contribution >= 4 is 21.6 Å². The number of anilines is 1. The first-order valence-corrected chi connectivity index (χ1v) is 8.17. The Kier molecular flexibility index (Phi) is 4.56. The van der Waals surface area contributed by atoms with Crippen LogP contribution in [0.4, 0.5) is 10.5 Å². The second-order valence-electron chi connectivity index (χ2n) is 4.63. The number of carbonyl (C=O) groups excluding carboxylic acids is 1. The van der Waals surface area contributed by atoms with Gasteiger partial charge < -0.3 is 15.4 Å². The standard InChI is InChI=1S/C12H17N3O4S/c1-20(17,18)11-5-4-9(7-13-11)15-12(16)14-8-10-3-2-6-19-10/h4-5,7,10H,2-3,6,8H2,1H3,(H2,14,15,16)/t10-/m1/s1. The number of nitrogens with zero attached hydrogens (tertiary/aromatic N) is 1. The molecule has 8 heteroatoms. The number of sulfone groups is 1. The Labute approximate surface area is 117 Å². The molecule has 0 spiro atoms. The van der Waals surface area contributed by atoms with Crippen LogP contribution in [-0.2, 0) is 14.6 Å². The molecule has 0 saturated carbocycles. The quantitative estimate of drug-likeness (QED) is 0.856. The smallest absolute Gasteiger partial charge is 0.319 e. The lowest BCUT2D eigenvalue weighted by atomic mass is 10.2. The second kappa shape index (κ2) is 6.19. The zero-order valence-corrected chi connectivity index (χ0v) is 11.9. The zero-order chi connectivity index (χ0) is 14.6. The number of nitrogens with one attached hydrogen (secondary N) is 2. The second-order valence-corrected chi connectivity index (χ2v) is 6.59. The molecule has 2 rings (SSSR count). The summed E-state index contributed by atoms with van der Waals surface area (Å²) < 4.78 is 27.9. The van der Waals surface area contributed by atoms with Crippen LogP contribution in [0.15, 0.2) is 23.4 Å². The third kappa shape index (κ3) is 4.17. The fraction of sp³-hybridized carbons (Fsp3) is 0.500. The highest BCUT2D eigenvalue weighted by atomic mass is 32.2. The first kappa shape index (κ1) is 14.7. The van der Waals surface area contributed by atoms with E-state index in [1.807, 2.05) is 0 Å². The van der Waals surface area contributed by atoms with Crippen LogP contribution in [0.2, 0.25) is 0 Å². The van der Waals surface area contributed by atoms with Gasteiger partial charge in [0.1, 0.15) is 0 Å². The van der Waals surface area contributed by atoms with E-state index in [2.05, 4.69) is 15.6 Å². The molecule has 0 aromatic carbocycles. The summed E-state index contributed by atoms with van der Waals surface area (Å²) in [5.41, 5.74) is 0.433. The molecule has 0 radical (unpaired) electrons. The Bertz CT molecular complexity index is 565. The molecule has 1 aliphatic rings. The van der Waals surface area contributed by atoms with Gasteiger partial charge in [-0.2, -0.15) is 0 Å². The fourth-order valence-electron chi connectivity index (χ4n) is 1.86. The SMILES string of the molecule is CS(=O)(=O)c1ccc(NC(=O)NC[C@H]2CCCO2)cn1. The average molecular weight is 299 g/mol. The molecule has 2 heterocycles. The molecule has 110 valence electrons. The normalized spacial score (nSPS) is 18.8. The lowest BCUT2D eigenvalue weighted by Gasteiger charge is -2.11. The molecule has 0 unspecified atom stereocenters. The summed E-state index contributed by atoms with van der Waals surface area (Å²) >= 11 is 0. The number of ether oxygens (including phenoxy) is 1. The largest absolute Gasteiger partial charge is 0.376 e. The molecule has 7 nitrogen and oxygen atoms in total. The number of urea groups is 1. The highest BCUT2D eigenvalue weighted by molar-refractivity contribution is 7.90. The molecule has 2 amide bonds. The molecule has 1 aromatic heterocycles. The van der Waals surface area contributed by atoms with Crippen LogP contribution in [0, 0.1) is 0 Å². The molecule has 1 aromatic rings. The number of hydrogen-bond donors (Lipinski definition) is 2. The Balaban J connectivity index is 1.84. The summed E-state index contributed by atoms with van der Waals surface area (Å²) in [4.78, 5) is 15.4. The van der Waals surface area contributed by atoms with Gasteiger partial charge >= 0.3 is 6.03 Å². The maximum Gasteiger partial charge on any atom is 0.319 e. The van der Waals surface area contributed by atoms with E-state index in [1.54, 1.807) is 0 Å². The minimum Gasteiger partial charge on any atom is -0.376 e. The van der Waals surface area contributed by atoms with Gasteiger partial charge in [-0.05, 0) is 25.0 Å². The van der Waals surface area contributed by atoms with Crippen LogP contribution in [-0.4, -0.2) is 44.9 Å². The number of pyridine rings is 1. The lowest BCUT2D eigenvalue weighted by molar-refractivity contribution is 0.112. The molecular formula is C12H17N3O4S. The number of aromatic nitrogens is 1. The van der Waals surface area contributed by atoms with Gasteiger partial charge in [-0.1, -0.05) is 0 Å². The highest BCUT2D eigenvalue weighted by Crippen LogP contribution is 2.11. The number of amides is 2.